The standard InChI is InChI=1S/C10H13ClOS/c1-10(2,6-5-9(11)12)8-4-3-7-13-8/h3-4,7H,5-6H2,1-2H3. The minimum atomic E-state index is -0.246. The number of thiophene rings is 1. The summed E-state index contributed by atoms with van der Waals surface area (Å²) >= 11 is 7.04. The Morgan fingerprint density at radius 1 is 1.62 bits per heavy atom. The Hall–Kier alpha value is -0.340. The van der Waals surface area contributed by atoms with E-state index in [4.69, 9.17) is 11.6 Å². The van der Waals surface area contributed by atoms with Crippen LogP contribution in [0.1, 0.15) is 31.6 Å². The molecule has 0 saturated heterocycles. The van der Waals surface area contributed by atoms with E-state index in [0.29, 0.717) is 6.42 Å². The molecular weight excluding hydrogens is 204 g/mol. The summed E-state index contributed by atoms with van der Waals surface area (Å²) in [7, 11) is 0. The summed E-state index contributed by atoms with van der Waals surface area (Å²) in [5.41, 5.74) is 0.0682. The zero-order valence-corrected chi connectivity index (χ0v) is 9.41. The zero-order chi connectivity index (χ0) is 9.90. The molecule has 13 heavy (non-hydrogen) atoms. The molecule has 1 rings (SSSR count). The quantitative estimate of drug-likeness (QED) is 0.704. The Balaban J connectivity index is 2.61. The summed E-state index contributed by atoms with van der Waals surface area (Å²) in [6.45, 7) is 4.28. The van der Waals surface area contributed by atoms with E-state index in [2.05, 4.69) is 25.3 Å². The Kier molecular flexibility index (Phi) is 3.51. The van der Waals surface area contributed by atoms with Crippen LogP contribution in [-0.4, -0.2) is 5.24 Å². The number of hydrogen-bond acceptors (Lipinski definition) is 2. The lowest BCUT2D eigenvalue weighted by Crippen LogP contribution is -2.16. The molecule has 0 aliphatic rings. The SMILES string of the molecule is CC(C)(CCC(=O)Cl)c1cccs1. The van der Waals surface area contributed by atoms with Crippen LogP contribution >= 0.6 is 22.9 Å². The number of carbonyl (C=O) groups excluding carboxylic acids is 1. The fourth-order valence-corrected chi connectivity index (χ4v) is 2.17. The van der Waals surface area contributed by atoms with Gasteiger partial charge in [0.2, 0.25) is 5.24 Å². The van der Waals surface area contributed by atoms with E-state index in [9.17, 15) is 4.79 Å². The topological polar surface area (TPSA) is 17.1 Å². The summed E-state index contributed by atoms with van der Waals surface area (Å²) < 4.78 is 0. The van der Waals surface area contributed by atoms with Crippen LogP contribution in [0.15, 0.2) is 17.5 Å². The van der Waals surface area contributed by atoms with E-state index in [1.54, 1.807) is 11.3 Å². The molecule has 0 unspecified atom stereocenters. The fraction of sp³-hybridized carbons (Fsp3) is 0.500. The zero-order valence-electron chi connectivity index (χ0n) is 7.84. The summed E-state index contributed by atoms with van der Waals surface area (Å²) in [5, 5.41) is 1.81. The van der Waals surface area contributed by atoms with Gasteiger partial charge in [-0.25, -0.2) is 0 Å². The molecule has 0 bridgehead atoms. The van der Waals surface area contributed by atoms with E-state index >= 15 is 0 Å². The highest BCUT2D eigenvalue weighted by molar-refractivity contribution is 7.10. The average molecular weight is 217 g/mol. The second kappa shape index (κ2) is 4.25. The van der Waals surface area contributed by atoms with Gasteiger partial charge in [0.05, 0.1) is 0 Å². The summed E-state index contributed by atoms with van der Waals surface area (Å²) in [6.07, 6.45) is 1.27. The van der Waals surface area contributed by atoms with Crippen molar-refractivity contribution in [3.8, 4) is 0 Å². The van der Waals surface area contributed by atoms with E-state index in [1.165, 1.54) is 4.88 Å². The number of hydrogen-bond donors (Lipinski definition) is 0. The molecule has 1 aromatic rings. The van der Waals surface area contributed by atoms with E-state index < -0.39 is 0 Å². The first-order valence-electron chi connectivity index (χ1n) is 4.25. The molecule has 0 aromatic carbocycles. The molecule has 0 amide bonds. The Morgan fingerprint density at radius 2 is 2.31 bits per heavy atom. The van der Waals surface area contributed by atoms with Crippen molar-refractivity contribution in [1.29, 1.82) is 0 Å². The Morgan fingerprint density at radius 3 is 2.77 bits per heavy atom. The van der Waals surface area contributed by atoms with E-state index in [0.717, 1.165) is 6.42 Å². The predicted octanol–water partition coefficient (Wildman–Crippen LogP) is 3.57. The van der Waals surface area contributed by atoms with Crippen molar-refractivity contribution in [2.45, 2.75) is 32.1 Å². The molecule has 0 saturated carbocycles. The summed E-state index contributed by atoms with van der Waals surface area (Å²) in [5.74, 6) is 0. The second-order valence-corrected chi connectivity index (χ2v) is 5.09. The minimum Gasteiger partial charge on any atom is -0.281 e. The number of halogens is 1. The smallest absolute Gasteiger partial charge is 0.221 e. The highest BCUT2D eigenvalue weighted by Crippen LogP contribution is 2.31. The first kappa shape index (κ1) is 10.7. The normalized spacial score (nSPS) is 11.6. The third-order valence-corrected chi connectivity index (χ3v) is 3.56. The van der Waals surface area contributed by atoms with Crippen molar-refractivity contribution in [2.75, 3.05) is 0 Å². The van der Waals surface area contributed by atoms with Gasteiger partial charge in [-0.05, 0) is 34.9 Å². The van der Waals surface area contributed by atoms with E-state index in [1.807, 2.05) is 6.07 Å². The molecule has 1 heterocycles. The van der Waals surface area contributed by atoms with Gasteiger partial charge < -0.3 is 0 Å². The molecule has 0 radical (unpaired) electrons. The highest BCUT2D eigenvalue weighted by Gasteiger charge is 2.21. The van der Waals surface area contributed by atoms with Crippen molar-refractivity contribution >= 4 is 28.2 Å². The molecule has 3 heteroatoms. The first-order valence-corrected chi connectivity index (χ1v) is 5.50. The second-order valence-electron chi connectivity index (χ2n) is 3.72. The maximum Gasteiger partial charge on any atom is 0.221 e. The van der Waals surface area contributed by atoms with Crippen LogP contribution in [-0.2, 0) is 10.2 Å². The lowest BCUT2D eigenvalue weighted by molar-refractivity contribution is -0.112. The maximum absolute atomic E-state index is 10.6. The van der Waals surface area contributed by atoms with Crippen LogP contribution < -0.4 is 0 Å². The molecule has 0 aliphatic heterocycles. The molecule has 0 spiro atoms. The van der Waals surface area contributed by atoms with Crippen LogP contribution in [0.4, 0.5) is 0 Å². The number of carbonyl (C=O) groups is 1. The molecule has 0 aliphatic carbocycles. The van der Waals surface area contributed by atoms with Crippen molar-refractivity contribution in [1.82, 2.24) is 0 Å². The van der Waals surface area contributed by atoms with Crippen molar-refractivity contribution in [3.05, 3.63) is 22.4 Å². The van der Waals surface area contributed by atoms with Gasteiger partial charge in [0.15, 0.2) is 0 Å². The lowest BCUT2D eigenvalue weighted by atomic mass is 9.86. The van der Waals surface area contributed by atoms with Crippen LogP contribution in [0, 0.1) is 0 Å². The van der Waals surface area contributed by atoms with Gasteiger partial charge in [0.25, 0.3) is 0 Å². The van der Waals surface area contributed by atoms with Crippen molar-refractivity contribution in [3.63, 3.8) is 0 Å². The van der Waals surface area contributed by atoms with Gasteiger partial charge in [-0.15, -0.1) is 11.3 Å². The molecule has 1 aromatic heterocycles. The lowest BCUT2D eigenvalue weighted by Gasteiger charge is -2.21. The van der Waals surface area contributed by atoms with Gasteiger partial charge >= 0.3 is 0 Å². The maximum atomic E-state index is 10.6. The minimum absolute atomic E-state index is 0.0682. The average Bonchev–Trinajstić information content (AvgIpc) is 2.53. The Labute approximate surface area is 87.7 Å². The molecule has 0 fully saturated rings. The number of rotatable bonds is 4. The monoisotopic (exact) mass is 216 g/mol. The van der Waals surface area contributed by atoms with Crippen LogP contribution in [0.3, 0.4) is 0 Å². The van der Waals surface area contributed by atoms with Crippen molar-refractivity contribution in [2.24, 2.45) is 0 Å². The van der Waals surface area contributed by atoms with Crippen LogP contribution in [0.5, 0.6) is 0 Å². The highest BCUT2D eigenvalue weighted by atomic mass is 35.5. The Bertz CT molecular complexity index is 277. The molecule has 0 N–H and O–H groups in total. The van der Waals surface area contributed by atoms with Gasteiger partial charge in [0, 0.05) is 11.3 Å². The third kappa shape index (κ3) is 3.12. The largest absolute Gasteiger partial charge is 0.281 e. The molecule has 0 atom stereocenters. The molecular formula is C10H13ClOS. The van der Waals surface area contributed by atoms with E-state index in [-0.39, 0.29) is 10.7 Å². The van der Waals surface area contributed by atoms with Crippen LogP contribution in [0.2, 0.25) is 0 Å². The predicted molar refractivity (Wildman–Crippen MR) is 57.4 cm³/mol. The molecule has 1 nitrogen and oxygen atoms in total. The van der Waals surface area contributed by atoms with Gasteiger partial charge in [-0.1, -0.05) is 19.9 Å². The molecule has 72 valence electrons. The van der Waals surface area contributed by atoms with Gasteiger partial charge in [0.1, 0.15) is 0 Å². The van der Waals surface area contributed by atoms with Crippen molar-refractivity contribution < 1.29 is 4.79 Å². The first-order chi connectivity index (χ1) is 6.02. The van der Waals surface area contributed by atoms with Crippen LogP contribution in [0.25, 0.3) is 0 Å². The van der Waals surface area contributed by atoms with Gasteiger partial charge in [-0.3, -0.25) is 4.79 Å². The third-order valence-electron chi connectivity index (χ3n) is 2.13. The fourth-order valence-electron chi connectivity index (χ4n) is 1.20. The summed E-state index contributed by atoms with van der Waals surface area (Å²) in [4.78, 5) is 11.9. The van der Waals surface area contributed by atoms with Gasteiger partial charge in [-0.2, -0.15) is 0 Å². The summed E-state index contributed by atoms with van der Waals surface area (Å²) in [6, 6.07) is 4.13.